The zero-order valence-corrected chi connectivity index (χ0v) is 15.5. The molecule has 6 heteroatoms. The number of aliphatic hydroxyl groups is 1. The molecule has 24 heavy (non-hydrogen) atoms. The van der Waals surface area contributed by atoms with E-state index in [1.54, 1.807) is 6.07 Å². The van der Waals surface area contributed by atoms with Gasteiger partial charge in [-0.2, -0.15) is 0 Å². The molecule has 1 atom stereocenters. The number of urea groups is 1. The molecule has 5 nitrogen and oxygen atoms in total. The number of aryl methyl sites for hydroxylation is 1. The number of halogens is 1. The Morgan fingerprint density at radius 2 is 2.17 bits per heavy atom. The quantitative estimate of drug-likeness (QED) is 0.854. The fraction of sp³-hybridized carbons (Fsp3) is 0.611. The Hall–Kier alpha value is -1.30. The van der Waals surface area contributed by atoms with E-state index in [2.05, 4.69) is 24.1 Å². The Morgan fingerprint density at radius 3 is 2.83 bits per heavy atom. The number of carbonyl (C=O) groups is 1. The summed E-state index contributed by atoms with van der Waals surface area (Å²) in [5, 5.41) is 12.8. The van der Waals surface area contributed by atoms with E-state index >= 15 is 0 Å². The van der Waals surface area contributed by atoms with Crippen molar-refractivity contribution < 1.29 is 9.90 Å². The van der Waals surface area contributed by atoms with Crippen LogP contribution in [0.2, 0.25) is 5.02 Å². The summed E-state index contributed by atoms with van der Waals surface area (Å²) in [4.78, 5) is 16.8. The molecule has 0 spiro atoms. The number of carbonyl (C=O) groups excluding carboxylic acids is 1. The Labute approximate surface area is 149 Å². The molecule has 0 bridgehead atoms. The summed E-state index contributed by atoms with van der Waals surface area (Å²) in [5.41, 5.74) is 1.69. The number of anilines is 1. The van der Waals surface area contributed by atoms with Gasteiger partial charge in [0.25, 0.3) is 0 Å². The molecular weight excluding hydrogens is 326 g/mol. The first-order valence-corrected chi connectivity index (χ1v) is 8.95. The molecule has 1 aliphatic rings. The molecule has 1 heterocycles. The van der Waals surface area contributed by atoms with Crippen molar-refractivity contribution in [1.82, 2.24) is 9.80 Å². The van der Waals surface area contributed by atoms with Crippen molar-refractivity contribution in [3.63, 3.8) is 0 Å². The number of hydrogen-bond acceptors (Lipinski definition) is 3. The molecule has 0 aliphatic carbocycles. The third-order valence-electron chi connectivity index (χ3n) is 4.32. The third-order valence-corrected chi connectivity index (χ3v) is 4.65. The molecule has 1 saturated heterocycles. The van der Waals surface area contributed by atoms with Gasteiger partial charge in [-0.3, -0.25) is 4.90 Å². The molecule has 2 N–H and O–H groups in total. The largest absolute Gasteiger partial charge is 0.396 e. The van der Waals surface area contributed by atoms with E-state index in [9.17, 15) is 9.90 Å². The summed E-state index contributed by atoms with van der Waals surface area (Å²) in [7, 11) is 0. The van der Waals surface area contributed by atoms with Crippen LogP contribution in [0.5, 0.6) is 0 Å². The van der Waals surface area contributed by atoms with E-state index in [1.165, 1.54) is 0 Å². The normalized spacial score (nSPS) is 18.9. The standard InChI is InChI=1S/C18H28ClN3O2/c1-13(2)11-21-7-8-22(12-15(21)6-9-23)18(24)20-17-10-14(3)4-5-16(17)19/h4-5,10,13,15,23H,6-9,11-12H2,1-3H3,(H,20,24)/t15-/m1/s1. The van der Waals surface area contributed by atoms with Crippen molar-refractivity contribution in [1.29, 1.82) is 0 Å². The first-order chi connectivity index (χ1) is 11.4. The predicted molar refractivity (Wildman–Crippen MR) is 98.7 cm³/mol. The van der Waals surface area contributed by atoms with Crippen molar-refractivity contribution in [3.05, 3.63) is 28.8 Å². The van der Waals surface area contributed by atoms with E-state index in [1.807, 2.05) is 24.0 Å². The Kier molecular flexibility index (Phi) is 6.90. The summed E-state index contributed by atoms with van der Waals surface area (Å²) in [6, 6.07) is 5.65. The van der Waals surface area contributed by atoms with Gasteiger partial charge in [-0.05, 0) is 37.0 Å². The monoisotopic (exact) mass is 353 g/mol. The second-order valence-electron chi connectivity index (χ2n) is 6.91. The van der Waals surface area contributed by atoms with Crippen molar-refractivity contribution in [2.24, 2.45) is 5.92 Å². The zero-order valence-electron chi connectivity index (χ0n) is 14.8. The number of benzene rings is 1. The first-order valence-electron chi connectivity index (χ1n) is 8.57. The van der Waals surface area contributed by atoms with E-state index in [0.717, 1.165) is 18.7 Å². The fourth-order valence-corrected chi connectivity index (χ4v) is 3.30. The molecule has 1 aromatic rings. The van der Waals surface area contributed by atoms with E-state index in [4.69, 9.17) is 11.6 Å². The lowest BCUT2D eigenvalue weighted by Crippen LogP contribution is -2.56. The molecule has 1 aromatic carbocycles. The first kappa shape index (κ1) is 19.0. The highest BCUT2D eigenvalue weighted by Crippen LogP contribution is 2.24. The maximum absolute atomic E-state index is 12.6. The van der Waals surface area contributed by atoms with Crippen LogP contribution in [0.4, 0.5) is 10.5 Å². The highest BCUT2D eigenvalue weighted by molar-refractivity contribution is 6.33. The van der Waals surface area contributed by atoms with Crippen LogP contribution in [-0.2, 0) is 0 Å². The molecular formula is C18H28ClN3O2. The highest BCUT2D eigenvalue weighted by atomic mass is 35.5. The number of aliphatic hydroxyl groups excluding tert-OH is 1. The van der Waals surface area contributed by atoms with Gasteiger partial charge in [0.05, 0.1) is 10.7 Å². The number of piperazine rings is 1. The maximum atomic E-state index is 12.6. The van der Waals surface area contributed by atoms with Gasteiger partial charge in [0.1, 0.15) is 0 Å². The van der Waals surface area contributed by atoms with E-state index < -0.39 is 0 Å². The lowest BCUT2D eigenvalue weighted by molar-refractivity contribution is 0.0689. The second-order valence-corrected chi connectivity index (χ2v) is 7.32. The minimum atomic E-state index is -0.130. The van der Waals surface area contributed by atoms with Gasteiger partial charge in [-0.15, -0.1) is 0 Å². The molecule has 134 valence electrons. The van der Waals surface area contributed by atoms with Crippen LogP contribution in [0.25, 0.3) is 0 Å². The minimum absolute atomic E-state index is 0.130. The molecule has 0 aromatic heterocycles. The average molecular weight is 354 g/mol. The highest BCUT2D eigenvalue weighted by Gasteiger charge is 2.29. The lowest BCUT2D eigenvalue weighted by atomic mass is 10.1. The molecule has 1 aliphatic heterocycles. The Morgan fingerprint density at radius 1 is 1.42 bits per heavy atom. The molecule has 2 amide bonds. The minimum Gasteiger partial charge on any atom is -0.396 e. The van der Waals surface area contributed by atoms with Crippen molar-refractivity contribution in [3.8, 4) is 0 Å². The van der Waals surface area contributed by atoms with Gasteiger partial charge in [0.15, 0.2) is 0 Å². The molecule has 1 fully saturated rings. The fourth-order valence-electron chi connectivity index (χ4n) is 3.14. The van der Waals surface area contributed by atoms with Gasteiger partial charge in [-0.25, -0.2) is 4.79 Å². The topological polar surface area (TPSA) is 55.8 Å². The number of amides is 2. The van der Waals surface area contributed by atoms with Crippen molar-refractivity contribution >= 4 is 23.3 Å². The third kappa shape index (κ3) is 5.10. The van der Waals surface area contributed by atoms with Gasteiger partial charge in [0.2, 0.25) is 0 Å². The van der Waals surface area contributed by atoms with E-state index in [0.29, 0.717) is 36.1 Å². The Balaban J connectivity index is 2.01. The average Bonchev–Trinajstić information content (AvgIpc) is 2.52. The van der Waals surface area contributed by atoms with Crippen LogP contribution in [0.1, 0.15) is 25.8 Å². The summed E-state index contributed by atoms with van der Waals surface area (Å²) >= 11 is 6.16. The summed E-state index contributed by atoms with van der Waals surface area (Å²) in [6.07, 6.45) is 0.682. The van der Waals surface area contributed by atoms with Crippen LogP contribution in [0.15, 0.2) is 18.2 Å². The number of rotatable bonds is 5. The summed E-state index contributed by atoms with van der Waals surface area (Å²) in [6.45, 7) is 9.62. The number of nitrogens with zero attached hydrogens (tertiary/aromatic N) is 2. The summed E-state index contributed by atoms with van der Waals surface area (Å²) in [5.74, 6) is 0.567. The molecule has 0 saturated carbocycles. The number of hydrogen-bond donors (Lipinski definition) is 2. The molecule has 2 rings (SSSR count). The molecule has 0 unspecified atom stereocenters. The van der Waals surface area contributed by atoms with Crippen LogP contribution < -0.4 is 5.32 Å². The van der Waals surface area contributed by atoms with Crippen LogP contribution in [0, 0.1) is 12.8 Å². The van der Waals surface area contributed by atoms with Gasteiger partial charge in [-0.1, -0.05) is 31.5 Å². The lowest BCUT2D eigenvalue weighted by Gasteiger charge is -2.42. The maximum Gasteiger partial charge on any atom is 0.321 e. The SMILES string of the molecule is Cc1ccc(Cl)c(NC(=O)N2CCN(CC(C)C)[C@H](CCO)C2)c1. The number of nitrogens with one attached hydrogen (secondary N) is 1. The predicted octanol–water partition coefficient (Wildman–Crippen LogP) is 3.20. The van der Waals surface area contributed by atoms with Gasteiger partial charge < -0.3 is 15.3 Å². The van der Waals surface area contributed by atoms with Crippen LogP contribution in [-0.4, -0.2) is 59.8 Å². The van der Waals surface area contributed by atoms with Crippen LogP contribution >= 0.6 is 11.6 Å². The van der Waals surface area contributed by atoms with Crippen molar-refractivity contribution in [2.75, 3.05) is 38.1 Å². The smallest absolute Gasteiger partial charge is 0.321 e. The molecule has 0 radical (unpaired) electrons. The van der Waals surface area contributed by atoms with Crippen LogP contribution in [0.3, 0.4) is 0 Å². The zero-order chi connectivity index (χ0) is 17.7. The van der Waals surface area contributed by atoms with Gasteiger partial charge in [0, 0.05) is 38.8 Å². The van der Waals surface area contributed by atoms with Gasteiger partial charge >= 0.3 is 6.03 Å². The van der Waals surface area contributed by atoms with E-state index in [-0.39, 0.29) is 18.7 Å². The Bertz CT molecular complexity index is 565. The van der Waals surface area contributed by atoms with Crippen molar-refractivity contribution in [2.45, 2.75) is 33.2 Å². The summed E-state index contributed by atoms with van der Waals surface area (Å²) < 4.78 is 0. The second kappa shape index (κ2) is 8.70.